The molecule has 3 rings (SSSR count). The summed E-state index contributed by atoms with van der Waals surface area (Å²) in [6, 6.07) is 7.25. The Balaban J connectivity index is 1.94. The van der Waals surface area contributed by atoms with Gasteiger partial charge < -0.3 is 19.2 Å². The van der Waals surface area contributed by atoms with Gasteiger partial charge in [0.05, 0.1) is 11.1 Å². The topological polar surface area (TPSA) is 89.2 Å². The van der Waals surface area contributed by atoms with Gasteiger partial charge in [-0.15, -0.1) is 0 Å². The van der Waals surface area contributed by atoms with Crippen LogP contribution in [-0.4, -0.2) is 38.6 Å². The number of hydrogen-bond donors (Lipinski definition) is 0. The second kappa shape index (κ2) is 8.82. The maximum absolute atomic E-state index is 13.1. The van der Waals surface area contributed by atoms with E-state index in [1.54, 1.807) is 23.9 Å². The van der Waals surface area contributed by atoms with Crippen LogP contribution in [0.15, 0.2) is 46.5 Å². The molecule has 0 spiro atoms. The highest BCUT2D eigenvalue weighted by Gasteiger charge is 2.28. The lowest BCUT2D eigenvalue weighted by Gasteiger charge is -2.14. The van der Waals surface area contributed by atoms with E-state index in [2.05, 4.69) is 4.98 Å². The Kier molecular flexibility index (Phi) is 6.40. The first-order valence-electron chi connectivity index (χ1n) is 8.86. The van der Waals surface area contributed by atoms with Crippen LogP contribution in [0.2, 0.25) is 0 Å². The van der Waals surface area contributed by atoms with Gasteiger partial charge in [0.15, 0.2) is 11.8 Å². The van der Waals surface area contributed by atoms with Crippen LogP contribution >= 0.6 is 11.8 Å². The average Bonchev–Trinajstić information content (AvgIpc) is 3.05. The normalized spacial score (nSPS) is 11.7. The van der Waals surface area contributed by atoms with Gasteiger partial charge in [-0.2, -0.15) is 13.2 Å². The van der Waals surface area contributed by atoms with Crippen LogP contribution in [0.1, 0.15) is 12.8 Å². The van der Waals surface area contributed by atoms with Crippen molar-refractivity contribution in [2.24, 2.45) is 7.05 Å². The molecular weight excluding hydrogens is 423 g/mol. The number of carboxylic acid groups (broad SMARTS) is 1. The number of carbonyl (C=O) groups is 1. The van der Waals surface area contributed by atoms with Crippen LogP contribution in [0.3, 0.4) is 0 Å². The van der Waals surface area contributed by atoms with Gasteiger partial charge in [0.1, 0.15) is 11.4 Å². The van der Waals surface area contributed by atoms with E-state index in [0.29, 0.717) is 34.1 Å². The summed E-state index contributed by atoms with van der Waals surface area (Å²) in [5.74, 6) is -0.752. The summed E-state index contributed by atoms with van der Waals surface area (Å²) in [4.78, 5) is 28.2. The number of carboxylic acids is 1. The number of rotatable bonds is 8. The largest absolute Gasteiger partial charge is 0.550 e. The molecule has 0 aliphatic heterocycles. The Morgan fingerprint density at radius 2 is 1.93 bits per heavy atom. The highest BCUT2D eigenvalue weighted by molar-refractivity contribution is 7.99. The molecule has 1 aromatic carbocycles. The fourth-order valence-corrected chi connectivity index (χ4v) is 3.68. The van der Waals surface area contributed by atoms with Gasteiger partial charge in [-0.1, -0.05) is 11.8 Å². The number of thioether (sulfide) groups is 1. The minimum absolute atomic E-state index is 0.0148. The molecule has 0 N–H and O–H groups in total. The molecule has 0 saturated carbocycles. The van der Waals surface area contributed by atoms with Gasteiger partial charge in [0.2, 0.25) is 0 Å². The number of aromatic nitrogens is 3. The summed E-state index contributed by atoms with van der Waals surface area (Å²) in [5.41, 5.74) is 0.538. The molecule has 0 unspecified atom stereocenters. The molecule has 11 heteroatoms. The minimum Gasteiger partial charge on any atom is -0.550 e. The molecule has 30 heavy (non-hydrogen) atoms. The van der Waals surface area contributed by atoms with Crippen molar-refractivity contribution in [1.29, 1.82) is 0 Å². The van der Waals surface area contributed by atoms with E-state index in [-0.39, 0.29) is 17.7 Å². The Morgan fingerprint density at radius 1 is 1.23 bits per heavy atom. The van der Waals surface area contributed by atoms with E-state index in [0.717, 1.165) is 0 Å². The Labute approximate surface area is 173 Å². The maximum atomic E-state index is 13.1. The number of nitrogens with zero attached hydrogens (tertiary/aromatic N) is 3. The van der Waals surface area contributed by atoms with Crippen LogP contribution in [0.5, 0.6) is 5.75 Å². The lowest BCUT2D eigenvalue weighted by Crippen LogP contribution is -2.23. The van der Waals surface area contributed by atoms with Crippen molar-refractivity contribution in [2.75, 3.05) is 12.4 Å². The van der Waals surface area contributed by atoms with E-state index < -0.39 is 18.8 Å². The van der Waals surface area contributed by atoms with E-state index in [1.165, 1.54) is 40.6 Å². The number of carbonyl (C=O) groups excluding carboxylic acids is 1. The van der Waals surface area contributed by atoms with Gasteiger partial charge in [0.25, 0.3) is 5.56 Å². The zero-order valence-electron chi connectivity index (χ0n) is 15.8. The van der Waals surface area contributed by atoms with Crippen LogP contribution in [0.4, 0.5) is 13.2 Å². The van der Waals surface area contributed by atoms with Crippen molar-refractivity contribution in [3.8, 4) is 11.4 Å². The average molecular weight is 440 g/mol. The minimum atomic E-state index is -4.45. The second-order valence-corrected chi connectivity index (χ2v) is 7.48. The zero-order valence-corrected chi connectivity index (χ0v) is 16.6. The van der Waals surface area contributed by atoms with E-state index >= 15 is 0 Å². The number of hydrogen-bond acceptors (Lipinski definition) is 6. The van der Waals surface area contributed by atoms with Crippen LogP contribution in [0, 0.1) is 0 Å². The van der Waals surface area contributed by atoms with Crippen LogP contribution < -0.4 is 15.4 Å². The fraction of sp³-hybridized carbons (Fsp3) is 0.316. The van der Waals surface area contributed by atoms with Crippen LogP contribution in [0.25, 0.3) is 16.7 Å². The summed E-state index contributed by atoms with van der Waals surface area (Å²) in [7, 11) is 1.75. The molecule has 0 bridgehead atoms. The first-order valence-corrected chi connectivity index (χ1v) is 9.85. The maximum Gasteiger partial charge on any atom is 0.422 e. The molecular formula is C19H17F3N3O4S-. The second-order valence-electron chi connectivity index (χ2n) is 6.42. The third kappa shape index (κ3) is 5.15. The van der Waals surface area contributed by atoms with E-state index in [4.69, 9.17) is 4.74 Å². The zero-order chi connectivity index (χ0) is 21.9. The molecule has 0 radical (unpaired) electrons. The summed E-state index contributed by atoms with van der Waals surface area (Å²) in [6.07, 6.45) is -2.54. The first kappa shape index (κ1) is 21.8. The number of fused-ring (bicyclic) bond motifs is 1. The number of ether oxygens (including phenoxy) is 1. The highest BCUT2D eigenvalue weighted by atomic mass is 32.2. The fourth-order valence-electron chi connectivity index (χ4n) is 2.74. The predicted molar refractivity (Wildman–Crippen MR) is 103 cm³/mol. The lowest BCUT2D eigenvalue weighted by molar-refractivity contribution is -0.305. The molecule has 160 valence electrons. The molecule has 0 saturated heterocycles. The van der Waals surface area contributed by atoms with Gasteiger partial charge >= 0.3 is 6.18 Å². The van der Waals surface area contributed by atoms with Crippen molar-refractivity contribution in [1.82, 2.24) is 14.1 Å². The molecule has 2 aromatic heterocycles. The number of alkyl halides is 3. The smallest absolute Gasteiger partial charge is 0.422 e. The standard InChI is InChI=1S/C19H18F3N3O4S/c1-24-9-8-14-16(24)23-18(30-10-2-3-15(26)27)25(17(14)28)12-4-6-13(7-5-12)29-11-19(20,21)22/h4-9H,2-3,10-11H2,1H3,(H,26,27)/p-1. The SMILES string of the molecule is Cn1ccc2c(=O)n(-c3ccc(OCC(F)(F)F)cc3)c(SCCCC(=O)[O-])nc21. The van der Waals surface area contributed by atoms with Gasteiger partial charge in [-0.3, -0.25) is 9.36 Å². The number of benzene rings is 1. The molecule has 7 nitrogen and oxygen atoms in total. The van der Waals surface area contributed by atoms with E-state index in [9.17, 15) is 27.9 Å². The highest BCUT2D eigenvalue weighted by Crippen LogP contribution is 2.24. The molecule has 0 aliphatic rings. The summed E-state index contributed by atoms with van der Waals surface area (Å²) >= 11 is 1.21. The van der Waals surface area contributed by atoms with Crippen molar-refractivity contribution < 1.29 is 27.8 Å². The summed E-state index contributed by atoms with van der Waals surface area (Å²) in [5, 5.41) is 11.3. The molecule has 0 aliphatic carbocycles. The van der Waals surface area contributed by atoms with Crippen LogP contribution in [-0.2, 0) is 11.8 Å². The van der Waals surface area contributed by atoms with Crippen molar-refractivity contribution >= 4 is 28.8 Å². The van der Waals surface area contributed by atoms with E-state index in [1.807, 2.05) is 0 Å². The first-order chi connectivity index (χ1) is 14.2. The summed E-state index contributed by atoms with van der Waals surface area (Å²) in [6.45, 7) is -1.41. The quantitative estimate of drug-likeness (QED) is 0.303. The molecule has 2 heterocycles. The predicted octanol–water partition coefficient (Wildman–Crippen LogP) is 2.29. The molecule has 3 aromatic rings. The number of halogens is 3. The van der Waals surface area contributed by atoms with Gasteiger partial charge in [0, 0.05) is 25.0 Å². The van der Waals surface area contributed by atoms with Gasteiger partial charge in [-0.05, 0) is 43.2 Å². The van der Waals surface area contributed by atoms with Crippen molar-refractivity contribution in [2.45, 2.75) is 24.2 Å². The van der Waals surface area contributed by atoms with Gasteiger partial charge in [-0.25, -0.2) is 4.98 Å². The number of aryl methyl sites for hydroxylation is 1. The Morgan fingerprint density at radius 3 is 2.57 bits per heavy atom. The molecule has 0 atom stereocenters. The van der Waals surface area contributed by atoms with Crippen molar-refractivity contribution in [3.63, 3.8) is 0 Å². The lowest BCUT2D eigenvalue weighted by atomic mass is 10.3. The monoisotopic (exact) mass is 440 g/mol. The Bertz CT molecular complexity index is 1110. The Hall–Kier alpha value is -2.95. The number of aliphatic carboxylic acids is 1. The summed E-state index contributed by atoms with van der Waals surface area (Å²) < 4.78 is 44.7. The van der Waals surface area contributed by atoms with Crippen molar-refractivity contribution in [3.05, 3.63) is 46.9 Å². The molecule has 0 amide bonds. The third-order valence-corrected chi connectivity index (χ3v) is 5.14. The third-order valence-electron chi connectivity index (χ3n) is 4.12. The molecule has 0 fully saturated rings.